The molecule has 1 aromatic rings. The normalized spacial score (nSPS) is 11.3. The summed E-state index contributed by atoms with van der Waals surface area (Å²) in [6.45, 7) is 3.20. The van der Waals surface area contributed by atoms with Gasteiger partial charge in [-0.25, -0.2) is 9.79 Å². The van der Waals surface area contributed by atoms with E-state index in [0.29, 0.717) is 31.6 Å². The zero-order valence-electron chi connectivity index (χ0n) is 17.6. The van der Waals surface area contributed by atoms with E-state index in [2.05, 4.69) is 43.5 Å². The molecule has 1 aromatic carbocycles. The molecule has 0 saturated heterocycles. The van der Waals surface area contributed by atoms with Crippen LogP contribution in [0, 0.1) is 3.57 Å². The van der Waals surface area contributed by atoms with Crippen LogP contribution in [0.2, 0.25) is 0 Å². The number of aliphatic imine (C=N–C) groups is 1. The number of carboxylic acids is 1. The Morgan fingerprint density at radius 1 is 1.13 bits per heavy atom. The van der Waals surface area contributed by atoms with Gasteiger partial charge in [-0.05, 0) is 72.9 Å². The van der Waals surface area contributed by atoms with Crippen LogP contribution in [0.25, 0.3) is 0 Å². The average Bonchev–Trinajstić information content (AvgIpc) is 2.70. The molecule has 1 atom stereocenters. The number of hydrogen-bond donors (Lipinski definition) is 6. The van der Waals surface area contributed by atoms with Crippen molar-refractivity contribution in [2.75, 3.05) is 13.1 Å². The van der Waals surface area contributed by atoms with Gasteiger partial charge in [0.25, 0.3) is 5.91 Å². The maximum absolute atomic E-state index is 12.3. The molecular formula is C20H31IN6O4. The summed E-state index contributed by atoms with van der Waals surface area (Å²) in [6, 6.07) is 4.88. The molecule has 0 aliphatic carbocycles. The SMILES string of the molecule is C[C@H](CCC(=O)O)NC(=O)NCCCCCNC(=O)c1ccc(CN=C(N)N)c([131I])c1. The number of carbonyl (C=O) groups excluding carboxylic acids is 2. The maximum atomic E-state index is 12.3. The van der Waals surface area contributed by atoms with Gasteiger partial charge in [-0.15, -0.1) is 0 Å². The summed E-state index contributed by atoms with van der Waals surface area (Å²) in [5, 5.41) is 17.0. The predicted molar refractivity (Wildman–Crippen MR) is 128 cm³/mol. The highest BCUT2D eigenvalue weighted by molar-refractivity contribution is 14.1. The second kappa shape index (κ2) is 14.4. The first-order valence-corrected chi connectivity index (χ1v) is 11.1. The third kappa shape index (κ3) is 12.0. The molecule has 11 heteroatoms. The molecule has 0 saturated carbocycles. The summed E-state index contributed by atoms with van der Waals surface area (Å²) >= 11 is 2.15. The van der Waals surface area contributed by atoms with E-state index in [1.165, 1.54) is 0 Å². The van der Waals surface area contributed by atoms with E-state index in [1.54, 1.807) is 19.1 Å². The van der Waals surface area contributed by atoms with Crippen molar-refractivity contribution in [2.45, 2.75) is 51.6 Å². The number of nitrogens with zero attached hydrogens (tertiary/aromatic N) is 1. The van der Waals surface area contributed by atoms with Gasteiger partial charge in [0.2, 0.25) is 0 Å². The molecule has 0 aliphatic heterocycles. The number of benzene rings is 1. The van der Waals surface area contributed by atoms with Gasteiger partial charge >= 0.3 is 12.0 Å². The minimum Gasteiger partial charge on any atom is -0.481 e. The number of amides is 3. The number of halogens is 1. The molecular weight excluding hydrogens is 519 g/mol. The van der Waals surface area contributed by atoms with E-state index in [-0.39, 0.29) is 30.4 Å². The Balaban J connectivity index is 2.19. The van der Waals surface area contributed by atoms with Crippen molar-refractivity contribution in [3.05, 3.63) is 32.9 Å². The van der Waals surface area contributed by atoms with Gasteiger partial charge in [-0.1, -0.05) is 6.07 Å². The molecule has 172 valence electrons. The summed E-state index contributed by atoms with van der Waals surface area (Å²) in [5.41, 5.74) is 12.2. The second-order valence-corrected chi connectivity index (χ2v) is 8.26. The predicted octanol–water partition coefficient (Wildman–Crippen LogP) is 1.52. The van der Waals surface area contributed by atoms with Crippen LogP contribution in [0.3, 0.4) is 0 Å². The summed E-state index contributed by atoms with van der Waals surface area (Å²) < 4.78 is 0.914. The lowest BCUT2D eigenvalue weighted by Crippen LogP contribution is -2.41. The highest BCUT2D eigenvalue weighted by atomic mass is 131. The van der Waals surface area contributed by atoms with Crippen molar-refractivity contribution in [3.8, 4) is 0 Å². The Labute approximate surface area is 195 Å². The molecule has 1 rings (SSSR count). The van der Waals surface area contributed by atoms with Gasteiger partial charge in [-0.2, -0.15) is 0 Å². The van der Waals surface area contributed by atoms with Gasteiger partial charge in [0.05, 0.1) is 6.54 Å². The number of urea groups is 1. The Kier molecular flexibility index (Phi) is 12.3. The van der Waals surface area contributed by atoms with Crippen molar-refractivity contribution in [2.24, 2.45) is 16.5 Å². The van der Waals surface area contributed by atoms with E-state index in [0.717, 1.165) is 28.4 Å². The van der Waals surface area contributed by atoms with Crippen molar-refractivity contribution in [3.63, 3.8) is 0 Å². The highest BCUT2D eigenvalue weighted by Crippen LogP contribution is 2.15. The number of nitrogens with two attached hydrogens (primary N) is 2. The van der Waals surface area contributed by atoms with E-state index in [1.807, 2.05) is 6.07 Å². The number of nitrogens with one attached hydrogen (secondary N) is 3. The molecule has 0 fully saturated rings. The first-order chi connectivity index (χ1) is 14.7. The molecule has 10 nitrogen and oxygen atoms in total. The maximum Gasteiger partial charge on any atom is 0.314 e. The Morgan fingerprint density at radius 2 is 1.81 bits per heavy atom. The quantitative estimate of drug-likeness (QED) is 0.0941. The molecule has 0 aliphatic rings. The number of carboxylic acid groups (broad SMARTS) is 1. The summed E-state index contributed by atoms with van der Waals surface area (Å²) in [4.78, 5) is 38.5. The standard InChI is InChI=1S/C20H31IN6O4/c1-13(5-8-17(28)29)27-20(31)25-10-4-2-3-9-24-18(30)14-6-7-15(16(21)11-14)12-26-19(22)23/h6-7,11,13H,2-5,8-10,12H2,1H3,(H,24,30)(H,28,29)(H4,22,23,26)(H2,25,27,31)/t13-/m1/s1/i21+4. The molecule has 0 radical (unpaired) electrons. The monoisotopic (exact) mass is 550 g/mol. The Bertz CT molecular complexity index is 783. The number of rotatable bonds is 13. The number of aliphatic carboxylic acids is 1. The van der Waals surface area contributed by atoms with Crippen molar-refractivity contribution >= 4 is 46.5 Å². The summed E-state index contributed by atoms with van der Waals surface area (Å²) in [6.07, 6.45) is 2.84. The summed E-state index contributed by atoms with van der Waals surface area (Å²) in [7, 11) is 0. The molecule has 31 heavy (non-hydrogen) atoms. The van der Waals surface area contributed by atoms with E-state index >= 15 is 0 Å². The number of unbranched alkanes of at least 4 members (excludes halogenated alkanes) is 2. The van der Waals surface area contributed by atoms with Crippen molar-refractivity contribution in [1.82, 2.24) is 16.0 Å². The van der Waals surface area contributed by atoms with Crippen LogP contribution in [0.4, 0.5) is 4.79 Å². The molecule has 3 amide bonds. The van der Waals surface area contributed by atoms with Crippen LogP contribution in [-0.4, -0.2) is 48.1 Å². The lowest BCUT2D eigenvalue weighted by atomic mass is 10.1. The van der Waals surface area contributed by atoms with Crippen LogP contribution in [0.15, 0.2) is 23.2 Å². The third-order valence-electron chi connectivity index (χ3n) is 4.34. The molecule has 0 aromatic heterocycles. The fraction of sp³-hybridized carbons (Fsp3) is 0.500. The molecule has 0 heterocycles. The fourth-order valence-corrected chi connectivity index (χ4v) is 3.30. The topological polar surface area (TPSA) is 172 Å². The third-order valence-corrected chi connectivity index (χ3v) is 5.34. The van der Waals surface area contributed by atoms with Crippen LogP contribution in [0.5, 0.6) is 0 Å². The lowest BCUT2D eigenvalue weighted by Gasteiger charge is -2.13. The van der Waals surface area contributed by atoms with E-state index in [4.69, 9.17) is 16.6 Å². The zero-order chi connectivity index (χ0) is 23.2. The number of guanidine groups is 1. The fourth-order valence-electron chi connectivity index (χ4n) is 2.61. The molecule has 8 N–H and O–H groups in total. The Hall–Kier alpha value is -2.57. The van der Waals surface area contributed by atoms with Gasteiger partial charge in [0, 0.05) is 34.7 Å². The van der Waals surface area contributed by atoms with Gasteiger partial charge < -0.3 is 32.5 Å². The van der Waals surface area contributed by atoms with Crippen LogP contribution < -0.4 is 27.4 Å². The minimum atomic E-state index is -0.879. The van der Waals surface area contributed by atoms with Crippen LogP contribution >= 0.6 is 22.6 Å². The number of carbonyl (C=O) groups is 3. The van der Waals surface area contributed by atoms with Gasteiger partial charge in [0.15, 0.2) is 5.96 Å². The van der Waals surface area contributed by atoms with E-state index in [9.17, 15) is 14.4 Å². The molecule has 0 unspecified atom stereocenters. The molecule has 0 spiro atoms. The first-order valence-electron chi connectivity index (χ1n) is 10.1. The number of hydrogen-bond acceptors (Lipinski definition) is 4. The van der Waals surface area contributed by atoms with Crippen LogP contribution in [0.1, 0.15) is 54.9 Å². The van der Waals surface area contributed by atoms with E-state index < -0.39 is 5.97 Å². The Morgan fingerprint density at radius 3 is 2.42 bits per heavy atom. The van der Waals surface area contributed by atoms with Crippen molar-refractivity contribution < 1.29 is 19.5 Å². The zero-order valence-corrected chi connectivity index (χ0v) is 19.8. The average molecular weight is 550 g/mol. The van der Waals surface area contributed by atoms with Crippen LogP contribution in [-0.2, 0) is 11.3 Å². The smallest absolute Gasteiger partial charge is 0.314 e. The first kappa shape index (κ1) is 26.5. The van der Waals surface area contributed by atoms with Crippen molar-refractivity contribution in [1.29, 1.82) is 0 Å². The molecule has 0 bridgehead atoms. The summed E-state index contributed by atoms with van der Waals surface area (Å²) in [5.74, 6) is -0.992. The minimum absolute atomic E-state index is 0.0222. The van der Waals surface area contributed by atoms with Gasteiger partial charge in [0.1, 0.15) is 0 Å². The largest absolute Gasteiger partial charge is 0.481 e. The highest BCUT2D eigenvalue weighted by Gasteiger charge is 2.09. The van der Waals surface area contributed by atoms with Gasteiger partial charge in [-0.3, -0.25) is 9.59 Å². The second-order valence-electron chi connectivity index (χ2n) is 7.10. The lowest BCUT2D eigenvalue weighted by molar-refractivity contribution is -0.137.